The molecule has 12 N–H and O–H groups in total. The molecular formula is C36H73NO22P4. The van der Waals surface area contributed by atoms with Crippen LogP contribution in [0.25, 0.3) is 0 Å². The molecule has 374 valence electrons. The summed E-state index contributed by atoms with van der Waals surface area (Å²) in [7, 11) is -23.1. The predicted molar refractivity (Wildman–Crippen MR) is 239 cm³/mol. The van der Waals surface area contributed by atoms with E-state index in [9.17, 15) is 72.3 Å². The minimum absolute atomic E-state index is 0. The third-order valence-corrected chi connectivity index (χ3v) is 10.8. The Morgan fingerprint density at radius 1 is 0.587 bits per heavy atom. The average molecular weight is 996 g/mol. The zero-order valence-electron chi connectivity index (χ0n) is 34.3. The molecule has 1 fully saturated rings. The number of esters is 2. The van der Waals surface area contributed by atoms with Crippen LogP contribution in [0, 0.1) is 59.7 Å². The summed E-state index contributed by atoms with van der Waals surface area (Å²) in [6.07, 6.45) is 0.0140. The van der Waals surface area contributed by atoms with Crippen LogP contribution in [0.4, 0.5) is 0 Å². The zero-order chi connectivity index (χ0) is 46.8. The number of carbonyl (C=O) groups is 2. The Balaban J connectivity index is -0.000000480. The molecule has 1 aliphatic carbocycles. The number of hydrogen-bond donors (Lipinski definition) is 10. The van der Waals surface area contributed by atoms with Crippen LogP contribution in [0.5, 0.6) is 0 Å². The van der Waals surface area contributed by atoms with Crippen molar-refractivity contribution in [3.8, 4) is 59.7 Å². The fourth-order valence-electron chi connectivity index (χ4n) is 5.61. The van der Waals surface area contributed by atoms with Crippen molar-refractivity contribution in [2.45, 2.75) is 140 Å². The highest BCUT2D eigenvalue weighted by Crippen LogP contribution is 2.53. The van der Waals surface area contributed by atoms with Gasteiger partial charge in [-0.25, -0.2) is 23.1 Å². The van der Waals surface area contributed by atoms with Crippen molar-refractivity contribution in [1.82, 2.24) is 6.15 Å². The zero-order valence-corrected chi connectivity index (χ0v) is 37.8. The summed E-state index contributed by atoms with van der Waals surface area (Å²) >= 11 is 0. The first-order valence-electron chi connectivity index (χ1n) is 19.0. The first-order chi connectivity index (χ1) is 29.0. The van der Waals surface area contributed by atoms with Gasteiger partial charge in [-0.3, -0.25) is 27.4 Å². The molecule has 0 aromatic heterocycles. The van der Waals surface area contributed by atoms with Crippen molar-refractivity contribution in [3.63, 3.8) is 0 Å². The van der Waals surface area contributed by atoms with Crippen molar-refractivity contribution in [1.29, 1.82) is 0 Å². The third kappa shape index (κ3) is 29.3. The number of aliphatic hydroxyl groups excluding tert-OH is 2. The van der Waals surface area contributed by atoms with E-state index in [1.807, 2.05) is 11.8 Å². The van der Waals surface area contributed by atoms with Crippen LogP contribution >= 0.6 is 31.3 Å². The number of hydrogen-bond acceptors (Lipinski definition) is 16. The van der Waals surface area contributed by atoms with Crippen molar-refractivity contribution < 1.29 is 117 Å². The molecule has 1 rings (SSSR count). The topological polar surface area (TPSA) is 384 Å². The molecule has 1 saturated carbocycles. The number of carbonyl (C=O) groups excluding carboxylic acids is 2. The standard InChI is InChI=1S/C36H52O22P4.H3N.9H2/c1-3-5-7-9-11-13-14-15-16-17-19-21-23-25-30(38)54-28(26-52-29(37)24-22-20-18-12-10-8-6-4-2)27-53-62(50,51)58-33-31(39)34(55-59(41,42)43)36(57-61(47,48)49)35(32(33)40)56-60(44,45)46;;;;;;;;;;/h2,28,31-36,39-40H,3,5,7,9,11,13-17,19,21,23,25-27H2,1H3,(H,50,51)(H2,41,42,43)(H2,44,45,46)(H2,47,48,49);1H3;9*1H/t28-,31-,32?,33?,34?,35?,36?;;;;;;;;;;/m1........../s1. The molecule has 0 aromatic rings. The quantitative estimate of drug-likeness (QED) is 0.0168. The van der Waals surface area contributed by atoms with Gasteiger partial charge in [-0.15, -0.1) is 6.42 Å². The van der Waals surface area contributed by atoms with Gasteiger partial charge in [0.25, 0.3) is 0 Å². The smallest absolute Gasteiger partial charge is 0.456 e. The number of rotatable bonds is 28. The molecular weight excluding hydrogens is 922 g/mol. The van der Waals surface area contributed by atoms with Gasteiger partial charge >= 0.3 is 43.2 Å². The van der Waals surface area contributed by atoms with Gasteiger partial charge in [0.05, 0.1) is 6.61 Å². The molecule has 0 bridgehead atoms. The first kappa shape index (κ1) is 60.1. The lowest BCUT2D eigenvalue weighted by atomic mass is 9.85. The first-order valence-corrected chi connectivity index (χ1v) is 25.1. The van der Waals surface area contributed by atoms with Gasteiger partial charge in [0, 0.05) is 25.2 Å². The highest BCUT2D eigenvalue weighted by molar-refractivity contribution is 7.47. The average Bonchev–Trinajstić information content (AvgIpc) is 3.16. The number of unbranched alkanes of at least 4 members (excludes halogenated alkanes) is 12. The molecule has 63 heavy (non-hydrogen) atoms. The van der Waals surface area contributed by atoms with E-state index in [2.05, 4.69) is 61.9 Å². The Labute approximate surface area is 378 Å². The van der Waals surface area contributed by atoms with Crippen molar-refractivity contribution in [2.24, 2.45) is 0 Å². The Morgan fingerprint density at radius 3 is 1.44 bits per heavy atom. The maximum atomic E-state index is 13.1. The largest absolute Gasteiger partial charge is 0.472 e. The van der Waals surface area contributed by atoms with E-state index in [1.54, 1.807) is 0 Å². The fourth-order valence-corrected chi connectivity index (χ4v) is 8.26. The van der Waals surface area contributed by atoms with E-state index in [-0.39, 0.29) is 25.4 Å². The van der Waals surface area contributed by atoms with E-state index in [1.165, 1.54) is 38.5 Å². The van der Waals surface area contributed by atoms with Crippen molar-refractivity contribution in [2.75, 3.05) is 13.2 Å². The normalized spacial score (nSPS) is 21.0. The van der Waals surface area contributed by atoms with Gasteiger partial charge in [0.2, 0.25) is 0 Å². The molecule has 1 aliphatic rings. The van der Waals surface area contributed by atoms with Gasteiger partial charge in [-0.05, 0) is 53.8 Å². The molecule has 0 heterocycles. The molecule has 0 aliphatic heterocycles. The Bertz CT molecular complexity index is 1930. The van der Waals surface area contributed by atoms with Gasteiger partial charge in [0.15, 0.2) is 6.10 Å². The number of phosphoric acid groups is 4. The summed E-state index contributed by atoms with van der Waals surface area (Å²) in [5.74, 6) is 17.7. The van der Waals surface area contributed by atoms with E-state index < -0.39 is 99.2 Å². The maximum absolute atomic E-state index is 13.1. The van der Waals surface area contributed by atoms with Crippen LogP contribution in [0.15, 0.2) is 0 Å². The van der Waals surface area contributed by atoms with Crippen molar-refractivity contribution in [3.05, 3.63) is 0 Å². The second kappa shape index (κ2) is 31.1. The van der Waals surface area contributed by atoms with E-state index in [4.69, 9.17) is 24.9 Å². The van der Waals surface area contributed by atoms with Gasteiger partial charge in [-0.2, -0.15) is 0 Å². The van der Waals surface area contributed by atoms with Gasteiger partial charge in [0.1, 0.15) is 43.2 Å². The molecule has 0 radical (unpaired) electrons. The monoisotopic (exact) mass is 995 g/mol. The van der Waals surface area contributed by atoms with Crippen LogP contribution in [-0.2, 0) is 59.9 Å². The third-order valence-electron chi connectivity index (χ3n) is 8.24. The molecule has 6 unspecified atom stereocenters. The number of ether oxygens (including phenoxy) is 2. The summed E-state index contributed by atoms with van der Waals surface area (Å²) in [6, 6.07) is 0. The molecule has 0 aromatic carbocycles. The summed E-state index contributed by atoms with van der Waals surface area (Å²) < 4.78 is 80.8. The lowest BCUT2D eigenvalue weighted by Crippen LogP contribution is -2.65. The lowest BCUT2D eigenvalue weighted by molar-refractivity contribution is -0.209. The molecule has 0 saturated heterocycles. The number of phosphoric ester groups is 4. The Morgan fingerprint density at radius 2 is 1.00 bits per heavy atom. The SMILES string of the molecule is C#CC#CC#CC#CC#CC(=O)OC[C@H](COP(=O)(O)OC1C(O)C(OP(=O)(O)O)C(OP(=O)(O)O)C(OP(=O)(O)O)[C@@H]1O)OC(=O)CCCCCCCCCCCCCCC.N.[HH].[HH].[HH].[HH].[HH].[HH].[HH].[HH].[HH]. The second-order valence-corrected chi connectivity index (χ2v) is 18.3. The van der Waals surface area contributed by atoms with Crippen LogP contribution < -0.4 is 6.15 Å². The highest BCUT2D eigenvalue weighted by Gasteiger charge is 2.59. The molecule has 8 atom stereocenters. The van der Waals surface area contributed by atoms with Crippen LogP contribution in [0.3, 0.4) is 0 Å². The summed E-state index contributed by atoms with van der Waals surface area (Å²) in [5.41, 5.74) is 0. The van der Waals surface area contributed by atoms with Crippen LogP contribution in [0.1, 0.15) is 110 Å². The van der Waals surface area contributed by atoms with E-state index in [0.717, 1.165) is 32.1 Å². The fraction of sp³-hybridized carbons (Fsp3) is 0.667. The summed E-state index contributed by atoms with van der Waals surface area (Å²) in [5, 5.41) is 21.7. The van der Waals surface area contributed by atoms with E-state index >= 15 is 0 Å². The number of terminal acetylenes is 1. The minimum Gasteiger partial charge on any atom is -0.456 e. The lowest BCUT2D eigenvalue weighted by Gasteiger charge is -2.45. The Hall–Kier alpha value is -2.94. The molecule has 0 amide bonds. The highest BCUT2D eigenvalue weighted by atomic mass is 31.2. The maximum Gasteiger partial charge on any atom is 0.472 e. The number of aliphatic hydroxyl groups is 2. The second-order valence-electron chi connectivity index (χ2n) is 13.3. The molecule has 0 spiro atoms. The molecule has 23 nitrogen and oxygen atoms in total. The molecule has 27 heteroatoms. The van der Waals surface area contributed by atoms with Gasteiger partial charge in [-0.1, -0.05) is 84.0 Å². The van der Waals surface area contributed by atoms with Crippen molar-refractivity contribution >= 4 is 43.2 Å². The summed E-state index contributed by atoms with van der Waals surface area (Å²) in [4.78, 5) is 91.6. The summed E-state index contributed by atoms with van der Waals surface area (Å²) in [6.45, 7) is 0.200. The van der Waals surface area contributed by atoms with Gasteiger partial charge < -0.3 is 60.1 Å². The van der Waals surface area contributed by atoms with E-state index in [0.29, 0.717) is 12.8 Å². The Kier molecular flexibility index (Phi) is 29.6. The minimum atomic E-state index is -5.81. The van der Waals surface area contributed by atoms with Crippen LogP contribution in [-0.4, -0.2) is 112 Å². The van der Waals surface area contributed by atoms with Crippen LogP contribution in [0.2, 0.25) is 0 Å². The predicted octanol–water partition coefficient (Wildman–Crippen LogP) is 4.62.